The molecule has 4 rings (SSSR count). The first-order valence-corrected chi connectivity index (χ1v) is 9.86. The summed E-state index contributed by atoms with van der Waals surface area (Å²) in [6.45, 7) is 9.40. The number of likely N-dealkylation sites (tertiary alicyclic amines) is 1. The maximum atomic E-state index is 12.3. The Morgan fingerprint density at radius 1 is 1.20 bits per heavy atom. The minimum Gasteiger partial charge on any atom is -0.356 e. The molecule has 1 aliphatic carbocycles. The molecule has 1 saturated carbocycles. The van der Waals surface area contributed by atoms with Crippen LogP contribution in [0.15, 0.2) is 6.07 Å². The van der Waals surface area contributed by atoms with E-state index in [0.717, 1.165) is 49.8 Å². The fraction of sp³-hybridized carbons (Fsp3) is 0.750. The fourth-order valence-electron chi connectivity index (χ4n) is 4.49. The Hall–Kier alpha value is -1.65. The van der Waals surface area contributed by atoms with E-state index in [4.69, 9.17) is 4.98 Å². The molecule has 1 atom stereocenters. The summed E-state index contributed by atoms with van der Waals surface area (Å²) in [6, 6.07) is 2.66. The van der Waals surface area contributed by atoms with E-state index in [1.807, 2.05) is 0 Å². The van der Waals surface area contributed by atoms with Gasteiger partial charge in [-0.2, -0.15) is 0 Å². The van der Waals surface area contributed by atoms with Crippen LogP contribution in [0, 0.1) is 12.3 Å². The van der Waals surface area contributed by atoms with Gasteiger partial charge < -0.3 is 9.80 Å². The Balaban J connectivity index is 1.56. The van der Waals surface area contributed by atoms with Crippen LogP contribution < -0.4 is 4.90 Å². The summed E-state index contributed by atoms with van der Waals surface area (Å²) in [5.74, 6) is 2.73. The highest BCUT2D eigenvalue weighted by Gasteiger charge is 2.45. The van der Waals surface area contributed by atoms with Gasteiger partial charge in [0, 0.05) is 55.2 Å². The van der Waals surface area contributed by atoms with Gasteiger partial charge >= 0.3 is 0 Å². The molecule has 0 radical (unpaired) electrons. The molecule has 3 aliphatic rings. The third-order valence-electron chi connectivity index (χ3n) is 6.04. The van der Waals surface area contributed by atoms with E-state index in [0.29, 0.717) is 17.9 Å². The van der Waals surface area contributed by atoms with Crippen LogP contribution >= 0.6 is 0 Å². The summed E-state index contributed by atoms with van der Waals surface area (Å²) in [6.07, 6.45) is 6.59. The molecule has 1 aromatic heterocycles. The second kappa shape index (κ2) is 6.26. The molecule has 0 unspecified atom stereocenters. The SMILES string of the molecule is Cc1cc(N2CCC[C@@]3(CCC(=O)N(C4CC4)C3)C2)nc(C(C)C)n1. The summed E-state index contributed by atoms with van der Waals surface area (Å²) < 4.78 is 0. The van der Waals surface area contributed by atoms with E-state index in [1.165, 1.54) is 25.7 Å². The lowest BCUT2D eigenvalue weighted by Gasteiger charge is -2.48. The topological polar surface area (TPSA) is 49.3 Å². The van der Waals surface area contributed by atoms with Crippen molar-refractivity contribution in [3.63, 3.8) is 0 Å². The number of hydrogen-bond donors (Lipinski definition) is 0. The second-order valence-corrected chi connectivity index (χ2v) is 8.66. The molecule has 3 fully saturated rings. The van der Waals surface area contributed by atoms with E-state index in [-0.39, 0.29) is 5.41 Å². The number of nitrogens with zero attached hydrogens (tertiary/aromatic N) is 4. The smallest absolute Gasteiger partial charge is 0.222 e. The van der Waals surface area contributed by atoms with Crippen molar-refractivity contribution in [2.75, 3.05) is 24.5 Å². The Morgan fingerprint density at radius 2 is 2.00 bits per heavy atom. The minimum absolute atomic E-state index is 0.256. The lowest BCUT2D eigenvalue weighted by molar-refractivity contribution is -0.138. The van der Waals surface area contributed by atoms with Gasteiger partial charge in [-0.25, -0.2) is 9.97 Å². The normalized spacial score (nSPS) is 27.4. The van der Waals surface area contributed by atoms with Crippen molar-refractivity contribution in [1.29, 1.82) is 0 Å². The van der Waals surface area contributed by atoms with Gasteiger partial charge in [0.1, 0.15) is 11.6 Å². The van der Waals surface area contributed by atoms with Crippen LogP contribution in [-0.4, -0.2) is 46.5 Å². The van der Waals surface area contributed by atoms with Gasteiger partial charge in [-0.1, -0.05) is 13.8 Å². The highest BCUT2D eigenvalue weighted by molar-refractivity contribution is 5.78. The summed E-state index contributed by atoms with van der Waals surface area (Å²) in [5.41, 5.74) is 1.30. The van der Waals surface area contributed by atoms with Gasteiger partial charge in [0.15, 0.2) is 0 Å². The molecule has 5 nitrogen and oxygen atoms in total. The largest absolute Gasteiger partial charge is 0.356 e. The maximum absolute atomic E-state index is 12.3. The summed E-state index contributed by atoms with van der Waals surface area (Å²) >= 11 is 0. The average molecular weight is 342 g/mol. The maximum Gasteiger partial charge on any atom is 0.222 e. The van der Waals surface area contributed by atoms with Gasteiger partial charge in [-0.05, 0) is 39.0 Å². The zero-order valence-corrected chi connectivity index (χ0v) is 15.8. The molecular formula is C20H30N4O. The van der Waals surface area contributed by atoms with Crippen molar-refractivity contribution >= 4 is 11.7 Å². The molecule has 1 amide bonds. The first-order valence-electron chi connectivity index (χ1n) is 9.86. The van der Waals surface area contributed by atoms with Crippen molar-refractivity contribution in [3.05, 3.63) is 17.6 Å². The molecule has 0 N–H and O–H groups in total. The van der Waals surface area contributed by atoms with Gasteiger partial charge in [-0.15, -0.1) is 0 Å². The van der Waals surface area contributed by atoms with Gasteiger partial charge in [-0.3, -0.25) is 4.79 Å². The first kappa shape index (κ1) is 16.8. The van der Waals surface area contributed by atoms with Crippen molar-refractivity contribution < 1.29 is 4.79 Å². The predicted molar refractivity (Wildman–Crippen MR) is 98.7 cm³/mol. The molecule has 0 bridgehead atoms. The average Bonchev–Trinajstić information content (AvgIpc) is 3.42. The summed E-state index contributed by atoms with van der Waals surface area (Å²) in [7, 11) is 0. The number of carbonyl (C=O) groups is 1. The van der Waals surface area contributed by atoms with E-state index in [9.17, 15) is 4.79 Å². The quantitative estimate of drug-likeness (QED) is 0.846. The Bertz CT molecular complexity index is 670. The molecule has 3 heterocycles. The number of piperidine rings is 2. The van der Waals surface area contributed by atoms with Gasteiger partial charge in [0.05, 0.1) is 0 Å². The highest BCUT2D eigenvalue weighted by atomic mass is 16.2. The molecule has 2 saturated heterocycles. The van der Waals surface area contributed by atoms with Gasteiger partial charge in [0.25, 0.3) is 0 Å². The molecule has 0 aromatic carbocycles. The van der Waals surface area contributed by atoms with Crippen molar-refractivity contribution in [2.45, 2.75) is 71.3 Å². The van der Waals surface area contributed by atoms with Crippen molar-refractivity contribution in [1.82, 2.24) is 14.9 Å². The zero-order chi connectivity index (χ0) is 17.6. The monoisotopic (exact) mass is 342 g/mol. The first-order chi connectivity index (χ1) is 12.0. The summed E-state index contributed by atoms with van der Waals surface area (Å²) in [5, 5.41) is 0. The third-order valence-corrected chi connectivity index (χ3v) is 6.04. The number of aromatic nitrogens is 2. The highest BCUT2D eigenvalue weighted by Crippen LogP contribution is 2.43. The van der Waals surface area contributed by atoms with Crippen LogP contribution in [0.1, 0.15) is 69.8 Å². The van der Waals surface area contributed by atoms with E-state index < -0.39 is 0 Å². The molecule has 136 valence electrons. The van der Waals surface area contributed by atoms with Crippen LogP contribution in [0.3, 0.4) is 0 Å². The molecular weight excluding hydrogens is 312 g/mol. The van der Waals surface area contributed by atoms with Crippen molar-refractivity contribution in [2.24, 2.45) is 5.41 Å². The number of hydrogen-bond acceptors (Lipinski definition) is 4. The Morgan fingerprint density at radius 3 is 2.72 bits per heavy atom. The van der Waals surface area contributed by atoms with Crippen LogP contribution in [0.25, 0.3) is 0 Å². The van der Waals surface area contributed by atoms with Crippen LogP contribution in [0.2, 0.25) is 0 Å². The van der Waals surface area contributed by atoms with Gasteiger partial charge in [0.2, 0.25) is 5.91 Å². The molecule has 1 spiro atoms. The Labute approximate surface area is 150 Å². The number of amides is 1. The van der Waals surface area contributed by atoms with E-state index >= 15 is 0 Å². The lowest BCUT2D eigenvalue weighted by Crippen LogP contribution is -2.54. The predicted octanol–water partition coefficient (Wildman–Crippen LogP) is 3.28. The summed E-state index contributed by atoms with van der Waals surface area (Å²) in [4.78, 5) is 26.4. The zero-order valence-electron chi connectivity index (χ0n) is 15.8. The van der Waals surface area contributed by atoms with Crippen LogP contribution in [-0.2, 0) is 4.79 Å². The number of aryl methyl sites for hydroxylation is 1. The lowest BCUT2D eigenvalue weighted by atomic mass is 9.73. The van der Waals surface area contributed by atoms with E-state index in [1.54, 1.807) is 0 Å². The Kier molecular flexibility index (Phi) is 4.20. The molecule has 25 heavy (non-hydrogen) atoms. The number of carbonyl (C=O) groups excluding carboxylic acids is 1. The van der Waals surface area contributed by atoms with Crippen LogP contribution in [0.5, 0.6) is 0 Å². The number of anilines is 1. The number of rotatable bonds is 3. The molecule has 5 heteroatoms. The molecule has 1 aromatic rings. The van der Waals surface area contributed by atoms with Crippen LogP contribution in [0.4, 0.5) is 5.82 Å². The minimum atomic E-state index is 0.256. The molecule has 2 aliphatic heterocycles. The standard InChI is InChI=1S/C20H30N4O/c1-14(2)19-21-15(3)11-17(22-19)23-10-4-8-20(12-23)9-7-18(25)24(13-20)16-5-6-16/h11,14,16H,4-10,12-13H2,1-3H3/t20-/m1/s1. The fourth-order valence-corrected chi connectivity index (χ4v) is 4.49. The third kappa shape index (κ3) is 3.38. The van der Waals surface area contributed by atoms with Crippen molar-refractivity contribution in [3.8, 4) is 0 Å². The van der Waals surface area contributed by atoms with E-state index in [2.05, 4.69) is 41.6 Å². The second-order valence-electron chi connectivity index (χ2n) is 8.66.